The lowest BCUT2D eigenvalue weighted by Crippen LogP contribution is -2.53. The zero-order valence-corrected chi connectivity index (χ0v) is 13.8. The first-order valence-corrected chi connectivity index (χ1v) is 7.94. The smallest absolute Gasteiger partial charge is 0.254 e. The van der Waals surface area contributed by atoms with Crippen molar-refractivity contribution >= 4 is 29.9 Å². The van der Waals surface area contributed by atoms with Gasteiger partial charge in [0.25, 0.3) is 5.91 Å². The van der Waals surface area contributed by atoms with E-state index < -0.39 is 5.82 Å². The summed E-state index contributed by atoms with van der Waals surface area (Å²) in [6.07, 6.45) is 5.26. The Balaban J connectivity index is 0.00000176. The van der Waals surface area contributed by atoms with Crippen molar-refractivity contribution in [2.75, 3.05) is 0 Å². The highest BCUT2D eigenvalue weighted by Crippen LogP contribution is 2.39. The minimum atomic E-state index is -0.533. The summed E-state index contributed by atoms with van der Waals surface area (Å²) >= 11 is 5.86. The number of carbonyl (C=O) groups excluding carboxylic acids is 1. The third-order valence-corrected chi connectivity index (χ3v) is 5.08. The number of hydrogen-bond donors (Lipinski definition) is 2. The molecule has 6 heteroatoms. The van der Waals surface area contributed by atoms with Gasteiger partial charge in [-0.25, -0.2) is 4.39 Å². The zero-order chi connectivity index (χ0) is 15.0. The Kier molecular flexibility index (Phi) is 5.70. The number of amides is 1. The van der Waals surface area contributed by atoms with Gasteiger partial charge in [0.2, 0.25) is 0 Å². The fourth-order valence-corrected chi connectivity index (χ4v) is 4.10. The van der Waals surface area contributed by atoms with Crippen LogP contribution in [-0.2, 0) is 0 Å². The molecule has 0 saturated heterocycles. The molecule has 1 amide bonds. The normalized spacial score (nSPS) is 30.3. The van der Waals surface area contributed by atoms with E-state index in [4.69, 9.17) is 17.3 Å². The van der Waals surface area contributed by atoms with Gasteiger partial charge >= 0.3 is 0 Å². The van der Waals surface area contributed by atoms with E-state index >= 15 is 0 Å². The van der Waals surface area contributed by atoms with E-state index in [2.05, 4.69) is 5.32 Å². The van der Waals surface area contributed by atoms with E-state index in [-0.39, 0.29) is 36.0 Å². The summed E-state index contributed by atoms with van der Waals surface area (Å²) in [5.74, 6) is -0.0701. The van der Waals surface area contributed by atoms with Gasteiger partial charge in [-0.2, -0.15) is 0 Å². The Bertz CT molecular complexity index is 541. The molecule has 0 spiro atoms. The van der Waals surface area contributed by atoms with Gasteiger partial charge < -0.3 is 11.1 Å². The number of rotatable bonds is 2. The summed E-state index contributed by atoms with van der Waals surface area (Å²) in [5.41, 5.74) is 6.11. The van der Waals surface area contributed by atoms with Crippen LogP contribution in [0.5, 0.6) is 0 Å². The fourth-order valence-electron chi connectivity index (χ4n) is 3.93. The molecule has 0 radical (unpaired) electrons. The van der Waals surface area contributed by atoms with Crippen LogP contribution in [0.4, 0.5) is 4.39 Å². The monoisotopic (exact) mass is 346 g/mol. The van der Waals surface area contributed by atoms with Gasteiger partial charge in [-0.15, -0.1) is 12.4 Å². The maximum absolute atomic E-state index is 13.8. The molecule has 3 nitrogen and oxygen atoms in total. The van der Waals surface area contributed by atoms with Crippen LogP contribution in [0.1, 0.15) is 42.5 Å². The molecule has 3 N–H and O–H groups in total. The van der Waals surface area contributed by atoms with Crippen LogP contribution in [0.15, 0.2) is 18.2 Å². The number of nitrogens with two attached hydrogens (primary N) is 1. The summed E-state index contributed by atoms with van der Waals surface area (Å²) in [4.78, 5) is 12.4. The van der Waals surface area contributed by atoms with Gasteiger partial charge in [0, 0.05) is 17.1 Å². The van der Waals surface area contributed by atoms with E-state index in [1.807, 2.05) is 0 Å². The van der Waals surface area contributed by atoms with Gasteiger partial charge in [-0.1, -0.05) is 18.0 Å². The number of hydrogen-bond acceptors (Lipinski definition) is 2. The van der Waals surface area contributed by atoms with Gasteiger partial charge in [0.1, 0.15) is 5.82 Å². The molecular weight excluding hydrogens is 326 g/mol. The molecule has 2 aliphatic carbocycles. The molecule has 1 aromatic rings. The highest BCUT2D eigenvalue weighted by Gasteiger charge is 2.40. The Morgan fingerprint density at radius 3 is 2.55 bits per heavy atom. The zero-order valence-electron chi connectivity index (χ0n) is 12.2. The van der Waals surface area contributed by atoms with Crippen LogP contribution in [-0.4, -0.2) is 18.0 Å². The van der Waals surface area contributed by atoms with Crippen molar-refractivity contribution in [3.05, 3.63) is 34.6 Å². The van der Waals surface area contributed by atoms with Gasteiger partial charge in [0.05, 0.1) is 5.56 Å². The molecule has 0 aromatic heterocycles. The Hall–Kier alpha value is -0.840. The standard InChI is InChI=1S/C16H20ClFN2O.ClH/c17-11-4-5-14(18)13(8-11)16(21)20-15-9-2-1-3-10(15)7-12(19)6-9;/h4-5,8-10,12,15H,1-3,6-7,19H2,(H,20,21);1H. The van der Waals surface area contributed by atoms with E-state index in [1.54, 1.807) is 0 Å². The first-order valence-electron chi connectivity index (χ1n) is 7.56. The third kappa shape index (κ3) is 3.55. The van der Waals surface area contributed by atoms with Crippen LogP contribution < -0.4 is 11.1 Å². The molecule has 122 valence electrons. The first-order chi connectivity index (χ1) is 10.0. The van der Waals surface area contributed by atoms with Gasteiger partial charge in [-0.3, -0.25) is 4.79 Å². The summed E-state index contributed by atoms with van der Waals surface area (Å²) in [5, 5.41) is 3.40. The summed E-state index contributed by atoms with van der Waals surface area (Å²) in [6.45, 7) is 0. The van der Waals surface area contributed by atoms with Gasteiger partial charge in [-0.05, 0) is 55.7 Å². The molecule has 2 bridgehead atoms. The first kappa shape index (κ1) is 17.5. The predicted molar refractivity (Wildman–Crippen MR) is 88.0 cm³/mol. The topological polar surface area (TPSA) is 55.1 Å². The van der Waals surface area contributed by atoms with Crippen molar-refractivity contribution in [3.63, 3.8) is 0 Å². The number of halogens is 3. The SMILES string of the molecule is Cl.NC1CC2CCCC(C1)C2NC(=O)c1cc(Cl)ccc1F. The minimum absolute atomic E-state index is 0. The average molecular weight is 347 g/mol. The number of nitrogens with one attached hydrogen (secondary N) is 1. The molecule has 0 heterocycles. The van der Waals surface area contributed by atoms with Crippen LogP contribution >= 0.6 is 24.0 Å². The van der Waals surface area contributed by atoms with E-state index in [0.29, 0.717) is 16.9 Å². The quantitative estimate of drug-likeness (QED) is 0.860. The minimum Gasteiger partial charge on any atom is -0.349 e. The predicted octanol–water partition coefficient (Wildman–Crippen LogP) is 3.54. The van der Waals surface area contributed by atoms with Crippen molar-refractivity contribution in [2.45, 2.75) is 44.2 Å². The van der Waals surface area contributed by atoms with E-state index in [9.17, 15) is 9.18 Å². The highest BCUT2D eigenvalue weighted by atomic mass is 35.5. The van der Waals surface area contributed by atoms with Crippen molar-refractivity contribution in [1.29, 1.82) is 0 Å². The third-order valence-electron chi connectivity index (χ3n) is 4.85. The second kappa shape index (κ2) is 7.16. The maximum atomic E-state index is 13.8. The number of benzene rings is 1. The molecule has 1 aromatic carbocycles. The molecule has 2 aliphatic rings. The Morgan fingerprint density at radius 2 is 1.91 bits per heavy atom. The lowest BCUT2D eigenvalue weighted by Gasteiger charge is -2.45. The highest BCUT2D eigenvalue weighted by molar-refractivity contribution is 6.31. The van der Waals surface area contributed by atoms with Gasteiger partial charge in [0.15, 0.2) is 0 Å². The van der Waals surface area contributed by atoms with Crippen molar-refractivity contribution < 1.29 is 9.18 Å². The van der Waals surface area contributed by atoms with E-state index in [1.165, 1.54) is 24.6 Å². The van der Waals surface area contributed by atoms with Crippen molar-refractivity contribution in [3.8, 4) is 0 Å². The van der Waals surface area contributed by atoms with Crippen LogP contribution in [0.3, 0.4) is 0 Å². The second-order valence-electron chi connectivity index (χ2n) is 6.31. The largest absolute Gasteiger partial charge is 0.349 e. The van der Waals surface area contributed by atoms with Crippen LogP contribution in [0.25, 0.3) is 0 Å². The molecule has 2 fully saturated rings. The summed E-state index contributed by atoms with van der Waals surface area (Å²) < 4.78 is 13.8. The van der Waals surface area contributed by atoms with Crippen molar-refractivity contribution in [1.82, 2.24) is 5.32 Å². The van der Waals surface area contributed by atoms with Crippen LogP contribution in [0.2, 0.25) is 5.02 Å². The Morgan fingerprint density at radius 1 is 1.27 bits per heavy atom. The molecular formula is C16H21Cl2FN2O. The molecule has 0 aliphatic heterocycles. The second-order valence-corrected chi connectivity index (χ2v) is 6.74. The number of carbonyl (C=O) groups is 1. The molecule has 2 unspecified atom stereocenters. The lowest BCUT2D eigenvalue weighted by atomic mass is 9.67. The lowest BCUT2D eigenvalue weighted by molar-refractivity contribution is 0.0752. The molecule has 22 heavy (non-hydrogen) atoms. The number of fused-ring (bicyclic) bond motifs is 2. The van der Waals surface area contributed by atoms with Crippen molar-refractivity contribution in [2.24, 2.45) is 17.6 Å². The molecule has 3 rings (SSSR count). The average Bonchev–Trinajstić information content (AvgIpc) is 2.42. The Labute approximate surface area is 141 Å². The maximum Gasteiger partial charge on any atom is 0.254 e. The summed E-state index contributed by atoms with van der Waals surface area (Å²) in [7, 11) is 0. The summed E-state index contributed by atoms with van der Waals surface area (Å²) in [6, 6.07) is 4.41. The molecule has 2 saturated carbocycles. The van der Waals surface area contributed by atoms with Crippen LogP contribution in [0, 0.1) is 17.7 Å². The molecule has 2 atom stereocenters. The fraction of sp³-hybridized carbons (Fsp3) is 0.562. The van der Waals surface area contributed by atoms with E-state index in [0.717, 1.165) is 25.7 Å².